The SMILES string of the molecule is CC1CCN(C(=O)/C(=C/c2ccco2)NC(=O)c2ccccc2)CC1. The van der Waals surface area contributed by atoms with E-state index in [-0.39, 0.29) is 17.5 Å². The van der Waals surface area contributed by atoms with Gasteiger partial charge in [0.1, 0.15) is 11.5 Å². The summed E-state index contributed by atoms with van der Waals surface area (Å²) in [6.45, 7) is 3.60. The number of likely N-dealkylation sites (tertiary alicyclic amines) is 1. The van der Waals surface area contributed by atoms with Crippen LogP contribution in [0.2, 0.25) is 0 Å². The normalized spacial score (nSPS) is 15.9. The number of benzene rings is 1. The van der Waals surface area contributed by atoms with Gasteiger partial charge < -0.3 is 14.6 Å². The van der Waals surface area contributed by atoms with E-state index in [1.165, 1.54) is 6.26 Å². The quantitative estimate of drug-likeness (QED) is 0.870. The highest BCUT2D eigenvalue weighted by molar-refractivity contribution is 6.05. The second kappa shape index (κ2) is 7.83. The number of amides is 2. The summed E-state index contributed by atoms with van der Waals surface area (Å²) in [6.07, 6.45) is 5.08. The number of carbonyl (C=O) groups excluding carboxylic acids is 2. The van der Waals surface area contributed by atoms with Crippen LogP contribution in [0.15, 0.2) is 58.8 Å². The van der Waals surface area contributed by atoms with E-state index in [1.807, 2.05) is 6.07 Å². The minimum absolute atomic E-state index is 0.174. The van der Waals surface area contributed by atoms with Crippen molar-refractivity contribution in [1.29, 1.82) is 0 Å². The minimum Gasteiger partial charge on any atom is -0.465 e. The molecule has 0 atom stereocenters. The lowest BCUT2D eigenvalue weighted by Crippen LogP contribution is -2.42. The summed E-state index contributed by atoms with van der Waals surface area (Å²) in [5.41, 5.74) is 0.742. The van der Waals surface area contributed by atoms with Gasteiger partial charge in [0.15, 0.2) is 0 Å². The predicted molar refractivity (Wildman–Crippen MR) is 95.6 cm³/mol. The first-order valence-electron chi connectivity index (χ1n) is 8.54. The Bertz CT molecular complexity index is 743. The monoisotopic (exact) mass is 338 g/mol. The Morgan fingerprint density at radius 1 is 1.12 bits per heavy atom. The predicted octanol–water partition coefficient (Wildman–Crippen LogP) is 3.31. The number of furan rings is 1. The highest BCUT2D eigenvalue weighted by Gasteiger charge is 2.24. The Kier molecular flexibility index (Phi) is 5.33. The van der Waals surface area contributed by atoms with Crippen LogP contribution < -0.4 is 5.32 Å². The average Bonchev–Trinajstić information content (AvgIpc) is 3.15. The first-order chi connectivity index (χ1) is 12.1. The molecular weight excluding hydrogens is 316 g/mol. The molecule has 5 nitrogen and oxygen atoms in total. The van der Waals surface area contributed by atoms with Crippen molar-refractivity contribution >= 4 is 17.9 Å². The molecule has 1 saturated heterocycles. The first kappa shape index (κ1) is 17.0. The minimum atomic E-state index is -0.308. The third kappa shape index (κ3) is 4.38. The van der Waals surface area contributed by atoms with Gasteiger partial charge in [-0.15, -0.1) is 0 Å². The van der Waals surface area contributed by atoms with Crippen molar-refractivity contribution in [2.24, 2.45) is 5.92 Å². The Morgan fingerprint density at radius 2 is 1.84 bits per heavy atom. The molecule has 2 heterocycles. The van der Waals surface area contributed by atoms with Crippen LogP contribution in [0.1, 0.15) is 35.9 Å². The second-order valence-corrected chi connectivity index (χ2v) is 6.37. The largest absolute Gasteiger partial charge is 0.465 e. The molecule has 2 amide bonds. The van der Waals surface area contributed by atoms with Crippen LogP contribution in [-0.2, 0) is 4.79 Å². The molecule has 0 aliphatic carbocycles. The first-order valence-corrected chi connectivity index (χ1v) is 8.54. The molecule has 0 spiro atoms. The Morgan fingerprint density at radius 3 is 2.48 bits per heavy atom. The molecule has 1 aromatic carbocycles. The zero-order valence-corrected chi connectivity index (χ0v) is 14.3. The van der Waals surface area contributed by atoms with Crippen LogP contribution in [0, 0.1) is 5.92 Å². The standard InChI is InChI=1S/C20H22N2O3/c1-15-9-11-22(12-10-15)20(24)18(14-17-8-5-13-25-17)21-19(23)16-6-3-2-4-7-16/h2-8,13-15H,9-12H2,1H3,(H,21,23)/b18-14-. The van der Waals surface area contributed by atoms with Crippen molar-refractivity contribution in [2.45, 2.75) is 19.8 Å². The second-order valence-electron chi connectivity index (χ2n) is 6.37. The van der Waals surface area contributed by atoms with Gasteiger partial charge in [-0.05, 0) is 43.0 Å². The molecule has 130 valence electrons. The highest BCUT2D eigenvalue weighted by atomic mass is 16.3. The third-order valence-electron chi connectivity index (χ3n) is 4.42. The van der Waals surface area contributed by atoms with Gasteiger partial charge in [-0.3, -0.25) is 9.59 Å². The van der Waals surface area contributed by atoms with Crippen LogP contribution in [0.4, 0.5) is 0 Å². The fourth-order valence-electron chi connectivity index (χ4n) is 2.83. The lowest BCUT2D eigenvalue weighted by molar-refractivity contribution is -0.128. The zero-order chi connectivity index (χ0) is 17.6. The number of hydrogen-bond donors (Lipinski definition) is 1. The van der Waals surface area contributed by atoms with Gasteiger partial charge in [0.2, 0.25) is 0 Å². The molecule has 25 heavy (non-hydrogen) atoms. The molecule has 1 aromatic heterocycles. The maximum atomic E-state index is 12.9. The summed E-state index contributed by atoms with van der Waals surface area (Å²) in [5, 5.41) is 2.75. The van der Waals surface area contributed by atoms with E-state index in [2.05, 4.69) is 12.2 Å². The number of nitrogens with one attached hydrogen (secondary N) is 1. The molecule has 0 radical (unpaired) electrons. The van der Waals surface area contributed by atoms with Crippen molar-refractivity contribution in [3.05, 3.63) is 65.7 Å². The van der Waals surface area contributed by atoms with Crippen molar-refractivity contribution in [1.82, 2.24) is 10.2 Å². The van der Waals surface area contributed by atoms with Crippen molar-refractivity contribution < 1.29 is 14.0 Å². The zero-order valence-electron chi connectivity index (χ0n) is 14.3. The fraction of sp³-hybridized carbons (Fsp3) is 0.300. The number of hydrogen-bond acceptors (Lipinski definition) is 3. The maximum absolute atomic E-state index is 12.9. The molecule has 0 bridgehead atoms. The number of rotatable bonds is 4. The molecule has 1 fully saturated rings. The lowest BCUT2D eigenvalue weighted by Gasteiger charge is -2.31. The Labute approximate surface area is 147 Å². The molecule has 1 aliphatic heterocycles. The van der Waals surface area contributed by atoms with E-state index in [9.17, 15) is 9.59 Å². The van der Waals surface area contributed by atoms with Crippen LogP contribution >= 0.6 is 0 Å². The summed E-state index contributed by atoms with van der Waals surface area (Å²) in [7, 11) is 0. The number of carbonyl (C=O) groups is 2. The van der Waals surface area contributed by atoms with Gasteiger partial charge in [-0.25, -0.2) is 0 Å². The highest BCUT2D eigenvalue weighted by Crippen LogP contribution is 2.18. The summed E-state index contributed by atoms with van der Waals surface area (Å²) in [4.78, 5) is 27.2. The summed E-state index contributed by atoms with van der Waals surface area (Å²) in [5.74, 6) is 0.673. The smallest absolute Gasteiger partial charge is 0.270 e. The molecule has 2 aromatic rings. The van der Waals surface area contributed by atoms with Gasteiger partial charge >= 0.3 is 0 Å². The molecular formula is C20H22N2O3. The molecule has 0 unspecified atom stereocenters. The van der Waals surface area contributed by atoms with Crippen LogP contribution in [0.3, 0.4) is 0 Å². The van der Waals surface area contributed by atoms with Gasteiger partial charge in [0.05, 0.1) is 6.26 Å². The van der Waals surface area contributed by atoms with E-state index in [0.29, 0.717) is 30.3 Å². The summed E-state index contributed by atoms with van der Waals surface area (Å²) >= 11 is 0. The van der Waals surface area contributed by atoms with Crippen molar-refractivity contribution in [3.63, 3.8) is 0 Å². The van der Waals surface area contributed by atoms with E-state index < -0.39 is 0 Å². The fourth-order valence-corrected chi connectivity index (χ4v) is 2.83. The van der Waals surface area contributed by atoms with E-state index in [0.717, 1.165) is 12.8 Å². The van der Waals surface area contributed by atoms with Gasteiger partial charge in [-0.2, -0.15) is 0 Å². The summed E-state index contributed by atoms with van der Waals surface area (Å²) < 4.78 is 5.31. The van der Waals surface area contributed by atoms with Crippen LogP contribution in [0.25, 0.3) is 6.08 Å². The van der Waals surface area contributed by atoms with Gasteiger partial charge in [0.25, 0.3) is 11.8 Å². The number of nitrogens with zero attached hydrogens (tertiary/aromatic N) is 1. The van der Waals surface area contributed by atoms with Crippen molar-refractivity contribution in [3.8, 4) is 0 Å². The van der Waals surface area contributed by atoms with Crippen LogP contribution in [0.5, 0.6) is 0 Å². The van der Waals surface area contributed by atoms with E-state index in [1.54, 1.807) is 47.4 Å². The third-order valence-corrected chi connectivity index (χ3v) is 4.42. The topological polar surface area (TPSA) is 62.6 Å². The molecule has 5 heteroatoms. The van der Waals surface area contributed by atoms with Crippen LogP contribution in [-0.4, -0.2) is 29.8 Å². The summed E-state index contributed by atoms with van der Waals surface area (Å²) in [6, 6.07) is 12.4. The van der Waals surface area contributed by atoms with E-state index >= 15 is 0 Å². The van der Waals surface area contributed by atoms with Gasteiger partial charge in [-0.1, -0.05) is 25.1 Å². The number of piperidine rings is 1. The van der Waals surface area contributed by atoms with E-state index in [4.69, 9.17) is 4.42 Å². The molecule has 3 rings (SSSR count). The Balaban J connectivity index is 1.80. The van der Waals surface area contributed by atoms with Crippen molar-refractivity contribution in [2.75, 3.05) is 13.1 Å². The Hall–Kier alpha value is -2.82. The molecule has 1 aliphatic rings. The average molecular weight is 338 g/mol. The maximum Gasteiger partial charge on any atom is 0.270 e. The van der Waals surface area contributed by atoms with Gasteiger partial charge in [0, 0.05) is 24.7 Å². The molecule has 1 N–H and O–H groups in total. The molecule has 0 saturated carbocycles. The lowest BCUT2D eigenvalue weighted by atomic mass is 9.99.